The molecule has 1 unspecified atom stereocenters. The van der Waals surface area contributed by atoms with Gasteiger partial charge in [-0.25, -0.2) is 9.97 Å². The first-order valence-electron chi connectivity index (χ1n) is 7.38. The molecule has 122 valence electrons. The van der Waals surface area contributed by atoms with Crippen molar-refractivity contribution >= 4 is 28.4 Å². The van der Waals surface area contributed by atoms with Gasteiger partial charge in [0.25, 0.3) is 0 Å². The van der Waals surface area contributed by atoms with Crippen LogP contribution in [-0.2, 0) is 4.79 Å². The van der Waals surface area contributed by atoms with Gasteiger partial charge in [0.1, 0.15) is 11.5 Å². The van der Waals surface area contributed by atoms with Gasteiger partial charge < -0.3 is 9.47 Å². The zero-order valence-corrected chi connectivity index (χ0v) is 13.9. The molecule has 0 radical (unpaired) electrons. The molecule has 0 N–H and O–H groups in total. The largest absolute Gasteiger partial charge is 0.483 e. The molecule has 0 amide bonds. The Bertz CT molecular complexity index is 881. The number of carbonyl (C=O) groups is 1. The van der Waals surface area contributed by atoms with Gasteiger partial charge in [0.05, 0.1) is 17.2 Å². The highest BCUT2D eigenvalue weighted by Gasteiger charge is 2.09. The summed E-state index contributed by atoms with van der Waals surface area (Å²) >= 11 is 5.93. The van der Waals surface area contributed by atoms with E-state index in [1.165, 1.54) is 6.92 Å². The molecule has 3 rings (SSSR count). The summed E-state index contributed by atoms with van der Waals surface area (Å²) in [7, 11) is 0. The summed E-state index contributed by atoms with van der Waals surface area (Å²) in [5, 5.41) is 0.612. The van der Waals surface area contributed by atoms with E-state index >= 15 is 0 Å². The highest BCUT2D eigenvalue weighted by molar-refractivity contribution is 6.31. The molecule has 0 aliphatic heterocycles. The Balaban J connectivity index is 1.74. The fourth-order valence-corrected chi connectivity index (χ4v) is 2.18. The number of benzene rings is 2. The van der Waals surface area contributed by atoms with Crippen molar-refractivity contribution in [2.24, 2.45) is 0 Å². The molecular formula is C18H15ClN2O3. The van der Waals surface area contributed by atoms with E-state index in [9.17, 15) is 4.79 Å². The van der Waals surface area contributed by atoms with Gasteiger partial charge in [0, 0.05) is 5.02 Å². The molecule has 1 atom stereocenters. The second kappa shape index (κ2) is 6.84. The standard InChI is InChI=1S/C18H15ClN2O3/c1-11(22)12(2)23-14-4-6-15(7-5-14)24-18-10-20-17-9-13(19)3-8-16(17)21-18/h3-10,12H,1-2H3. The molecule has 0 spiro atoms. The van der Waals surface area contributed by atoms with Crippen molar-refractivity contribution in [1.82, 2.24) is 9.97 Å². The molecular weight excluding hydrogens is 328 g/mol. The maximum Gasteiger partial charge on any atom is 0.238 e. The minimum absolute atomic E-state index is 0.0260. The van der Waals surface area contributed by atoms with E-state index in [-0.39, 0.29) is 5.78 Å². The maximum absolute atomic E-state index is 11.2. The Morgan fingerprint density at radius 3 is 2.50 bits per heavy atom. The number of fused-ring (bicyclic) bond motifs is 1. The van der Waals surface area contributed by atoms with Crippen LogP contribution < -0.4 is 9.47 Å². The molecule has 0 bridgehead atoms. The molecule has 3 aromatic rings. The van der Waals surface area contributed by atoms with Crippen LogP contribution in [-0.4, -0.2) is 21.9 Å². The lowest BCUT2D eigenvalue weighted by Gasteiger charge is -2.12. The number of rotatable bonds is 5. The predicted octanol–water partition coefficient (Wildman–Crippen LogP) is 4.43. The third-order valence-electron chi connectivity index (χ3n) is 3.41. The molecule has 6 heteroatoms. The molecule has 5 nitrogen and oxygen atoms in total. The molecule has 2 aromatic carbocycles. The number of ether oxygens (including phenoxy) is 2. The number of carbonyl (C=O) groups excluding carboxylic acids is 1. The average molecular weight is 343 g/mol. The third kappa shape index (κ3) is 3.81. The van der Waals surface area contributed by atoms with Crippen LogP contribution in [0, 0.1) is 0 Å². The van der Waals surface area contributed by atoms with E-state index in [2.05, 4.69) is 9.97 Å². The number of nitrogens with zero attached hydrogens (tertiary/aromatic N) is 2. The van der Waals surface area contributed by atoms with E-state index in [4.69, 9.17) is 21.1 Å². The molecule has 1 aromatic heterocycles. The monoisotopic (exact) mass is 342 g/mol. The Labute approximate surface area is 144 Å². The summed E-state index contributed by atoms with van der Waals surface area (Å²) in [6.45, 7) is 3.21. The van der Waals surface area contributed by atoms with Gasteiger partial charge in [0.2, 0.25) is 5.88 Å². The highest BCUT2D eigenvalue weighted by atomic mass is 35.5. The summed E-state index contributed by atoms with van der Waals surface area (Å²) in [5.41, 5.74) is 1.41. The number of ketones is 1. The Morgan fingerprint density at radius 1 is 1.08 bits per heavy atom. The summed E-state index contributed by atoms with van der Waals surface area (Å²) < 4.78 is 11.2. The Morgan fingerprint density at radius 2 is 1.79 bits per heavy atom. The topological polar surface area (TPSA) is 61.3 Å². The number of hydrogen-bond acceptors (Lipinski definition) is 5. The lowest BCUT2D eigenvalue weighted by molar-refractivity contribution is -0.122. The molecule has 0 saturated carbocycles. The number of aromatic nitrogens is 2. The quantitative estimate of drug-likeness (QED) is 0.686. The number of halogens is 1. The summed E-state index contributed by atoms with van der Waals surface area (Å²) in [6, 6.07) is 12.3. The second-order valence-electron chi connectivity index (χ2n) is 5.29. The predicted molar refractivity (Wildman–Crippen MR) is 91.8 cm³/mol. The summed E-state index contributed by atoms with van der Waals surface area (Å²) in [6.07, 6.45) is 1.07. The van der Waals surface area contributed by atoms with Crippen LogP contribution in [0.15, 0.2) is 48.7 Å². The van der Waals surface area contributed by atoms with Gasteiger partial charge in [-0.1, -0.05) is 11.6 Å². The van der Waals surface area contributed by atoms with Gasteiger partial charge >= 0.3 is 0 Å². The Kier molecular flexibility index (Phi) is 4.62. The summed E-state index contributed by atoms with van der Waals surface area (Å²) in [5.74, 6) is 1.56. The zero-order chi connectivity index (χ0) is 17.1. The normalized spacial score (nSPS) is 12.0. The van der Waals surface area contributed by atoms with Gasteiger partial charge in [-0.2, -0.15) is 0 Å². The van der Waals surface area contributed by atoms with Crippen LogP contribution in [0.4, 0.5) is 0 Å². The van der Waals surface area contributed by atoms with Gasteiger partial charge in [-0.3, -0.25) is 4.79 Å². The molecule has 0 aliphatic carbocycles. The fourth-order valence-electron chi connectivity index (χ4n) is 2.01. The minimum Gasteiger partial charge on any atom is -0.483 e. The first-order chi connectivity index (χ1) is 11.5. The molecule has 0 fully saturated rings. The lowest BCUT2D eigenvalue weighted by Crippen LogP contribution is -2.20. The van der Waals surface area contributed by atoms with E-state index in [0.29, 0.717) is 33.4 Å². The van der Waals surface area contributed by atoms with Crippen molar-refractivity contribution in [1.29, 1.82) is 0 Å². The van der Waals surface area contributed by atoms with Crippen LogP contribution in [0.5, 0.6) is 17.4 Å². The Hall–Kier alpha value is -2.66. The number of Topliss-reactive ketones (excluding diaryl/α,β-unsaturated/α-hetero) is 1. The van der Waals surface area contributed by atoms with E-state index in [0.717, 1.165) is 0 Å². The van der Waals surface area contributed by atoms with Crippen LogP contribution in [0.1, 0.15) is 13.8 Å². The van der Waals surface area contributed by atoms with Crippen molar-refractivity contribution in [3.8, 4) is 17.4 Å². The van der Waals surface area contributed by atoms with E-state index in [1.54, 1.807) is 55.6 Å². The zero-order valence-electron chi connectivity index (χ0n) is 13.2. The van der Waals surface area contributed by atoms with E-state index in [1.807, 2.05) is 0 Å². The first-order valence-corrected chi connectivity index (χ1v) is 7.76. The van der Waals surface area contributed by atoms with Crippen molar-refractivity contribution in [2.45, 2.75) is 20.0 Å². The third-order valence-corrected chi connectivity index (χ3v) is 3.65. The fraction of sp³-hybridized carbons (Fsp3) is 0.167. The number of hydrogen-bond donors (Lipinski definition) is 0. The molecule has 1 heterocycles. The summed E-state index contributed by atoms with van der Waals surface area (Å²) in [4.78, 5) is 19.9. The maximum atomic E-state index is 11.2. The molecule has 0 aliphatic rings. The van der Waals surface area contributed by atoms with Crippen molar-refractivity contribution in [3.05, 3.63) is 53.7 Å². The molecule has 24 heavy (non-hydrogen) atoms. The smallest absolute Gasteiger partial charge is 0.238 e. The van der Waals surface area contributed by atoms with Crippen molar-refractivity contribution in [3.63, 3.8) is 0 Å². The molecule has 0 saturated heterocycles. The van der Waals surface area contributed by atoms with Crippen LogP contribution in [0.2, 0.25) is 5.02 Å². The van der Waals surface area contributed by atoms with Crippen molar-refractivity contribution < 1.29 is 14.3 Å². The minimum atomic E-state index is -0.477. The van der Waals surface area contributed by atoms with E-state index < -0.39 is 6.10 Å². The lowest BCUT2D eigenvalue weighted by atomic mass is 10.3. The first kappa shape index (κ1) is 16.2. The SMILES string of the molecule is CC(=O)C(C)Oc1ccc(Oc2cnc3cc(Cl)ccc3n2)cc1. The van der Waals surface area contributed by atoms with Crippen LogP contribution >= 0.6 is 11.6 Å². The van der Waals surface area contributed by atoms with Crippen LogP contribution in [0.3, 0.4) is 0 Å². The van der Waals surface area contributed by atoms with Crippen LogP contribution in [0.25, 0.3) is 11.0 Å². The second-order valence-corrected chi connectivity index (χ2v) is 5.72. The van der Waals surface area contributed by atoms with Gasteiger partial charge in [-0.15, -0.1) is 0 Å². The average Bonchev–Trinajstić information content (AvgIpc) is 2.56. The van der Waals surface area contributed by atoms with Gasteiger partial charge in [0.15, 0.2) is 11.9 Å². The van der Waals surface area contributed by atoms with Crippen molar-refractivity contribution in [2.75, 3.05) is 0 Å². The van der Waals surface area contributed by atoms with Gasteiger partial charge in [-0.05, 0) is 56.3 Å². The highest BCUT2D eigenvalue weighted by Crippen LogP contribution is 2.24.